The number of nitrogens with zero attached hydrogens (tertiary/aromatic N) is 1. The molecule has 1 unspecified atom stereocenters. The minimum absolute atomic E-state index is 0.173. The average molecular weight is 373 g/mol. The lowest BCUT2D eigenvalue weighted by atomic mass is 10.0. The van der Waals surface area contributed by atoms with Crippen LogP contribution in [0.15, 0.2) is 29.6 Å². The summed E-state index contributed by atoms with van der Waals surface area (Å²) in [7, 11) is 0. The third-order valence-corrected chi connectivity index (χ3v) is 4.75. The predicted molar refractivity (Wildman–Crippen MR) is 97.6 cm³/mol. The van der Waals surface area contributed by atoms with E-state index in [0.29, 0.717) is 6.42 Å². The van der Waals surface area contributed by atoms with Crippen molar-refractivity contribution < 1.29 is 19.5 Å². The number of amides is 2. The number of fused-ring (bicyclic) bond motifs is 1. The summed E-state index contributed by atoms with van der Waals surface area (Å²) in [5.41, 5.74) is 0.935. The van der Waals surface area contributed by atoms with Gasteiger partial charge in [-0.25, -0.2) is 0 Å². The molecule has 0 spiro atoms. The minimum Gasteiger partial charge on any atom is -0.481 e. The maximum Gasteiger partial charge on any atom is 0.303 e. The van der Waals surface area contributed by atoms with Gasteiger partial charge in [-0.15, -0.1) is 11.3 Å². The van der Waals surface area contributed by atoms with Gasteiger partial charge in [0.25, 0.3) is 0 Å². The zero-order valence-electron chi connectivity index (χ0n) is 14.0. The number of thiophene rings is 1. The first-order valence-electron chi connectivity index (χ1n) is 8.12. The Morgan fingerprint density at radius 2 is 2.00 bits per heavy atom. The fourth-order valence-corrected chi connectivity index (χ4v) is 3.45. The van der Waals surface area contributed by atoms with Crippen molar-refractivity contribution in [3.8, 4) is 6.07 Å². The largest absolute Gasteiger partial charge is 0.481 e. The van der Waals surface area contributed by atoms with Crippen molar-refractivity contribution in [1.82, 2.24) is 10.6 Å². The van der Waals surface area contributed by atoms with Crippen LogP contribution < -0.4 is 10.6 Å². The molecule has 0 radical (unpaired) electrons. The first kappa shape index (κ1) is 19.4. The molecule has 26 heavy (non-hydrogen) atoms. The highest BCUT2D eigenvalue weighted by atomic mass is 32.1. The Kier molecular flexibility index (Phi) is 7.12. The highest BCUT2D eigenvalue weighted by Crippen LogP contribution is 2.26. The molecule has 1 atom stereocenters. The molecular formula is C18H19N3O4S. The van der Waals surface area contributed by atoms with Crippen LogP contribution in [0.2, 0.25) is 0 Å². The molecular weight excluding hydrogens is 354 g/mol. The molecule has 136 valence electrons. The second-order valence-electron chi connectivity index (χ2n) is 5.67. The molecule has 3 N–H and O–H groups in total. The number of aliphatic carboxylic acids is 1. The van der Waals surface area contributed by atoms with Crippen LogP contribution in [0.4, 0.5) is 0 Å². The van der Waals surface area contributed by atoms with Crippen LogP contribution in [-0.2, 0) is 20.8 Å². The van der Waals surface area contributed by atoms with E-state index in [2.05, 4.69) is 10.6 Å². The topological polar surface area (TPSA) is 119 Å². The van der Waals surface area contributed by atoms with Gasteiger partial charge >= 0.3 is 5.97 Å². The van der Waals surface area contributed by atoms with Crippen LogP contribution in [0.25, 0.3) is 10.1 Å². The second-order valence-corrected chi connectivity index (χ2v) is 6.59. The summed E-state index contributed by atoms with van der Waals surface area (Å²) < 4.78 is 1.09. The Labute approximate surface area is 154 Å². The summed E-state index contributed by atoms with van der Waals surface area (Å²) in [6, 6.07) is 8.89. The van der Waals surface area contributed by atoms with E-state index in [0.717, 1.165) is 15.6 Å². The fraction of sp³-hybridized carbons (Fsp3) is 0.333. The van der Waals surface area contributed by atoms with Crippen LogP contribution in [0.3, 0.4) is 0 Å². The van der Waals surface area contributed by atoms with Crippen LogP contribution in [0, 0.1) is 11.3 Å². The van der Waals surface area contributed by atoms with Gasteiger partial charge in [-0.05, 0) is 22.4 Å². The standard InChI is InChI=1S/C18H19N3O4S/c19-8-3-9-20-18(25)14(21-16(22)6-7-17(23)24)10-12-11-26-15-5-2-1-4-13(12)15/h1-2,4-5,11,14H,3,6-7,9-10H2,(H,20,25)(H,21,22)(H,23,24). The summed E-state index contributed by atoms with van der Waals surface area (Å²) in [5, 5.41) is 25.5. The molecule has 0 saturated heterocycles. The number of benzene rings is 1. The lowest BCUT2D eigenvalue weighted by Crippen LogP contribution is -2.48. The van der Waals surface area contributed by atoms with Gasteiger partial charge in [0.1, 0.15) is 6.04 Å². The third kappa shape index (κ3) is 5.57. The molecule has 2 rings (SSSR count). The number of nitriles is 1. The monoisotopic (exact) mass is 373 g/mol. The lowest BCUT2D eigenvalue weighted by molar-refractivity contribution is -0.139. The average Bonchev–Trinajstić information content (AvgIpc) is 3.02. The lowest BCUT2D eigenvalue weighted by Gasteiger charge is -2.18. The van der Waals surface area contributed by atoms with E-state index in [4.69, 9.17) is 10.4 Å². The maximum atomic E-state index is 12.4. The minimum atomic E-state index is -1.07. The van der Waals surface area contributed by atoms with E-state index in [-0.39, 0.29) is 31.7 Å². The van der Waals surface area contributed by atoms with E-state index < -0.39 is 17.9 Å². The van der Waals surface area contributed by atoms with Gasteiger partial charge in [-0.2, -0.15) is 5.26 Å². The van der Waals surface area contributed by atoms with Crippen LogP contribution in [0.1, 0.15) is 24.8 Å². The van der Waals surface area contributed by atoms with Crippen molar-refractivity contribution in [2.75, 3.05) is 6.54 Å². The number of hydrogen-bond acceptors (Lipinski definition) is 5. The number of rotatable bonds is 9. The summed E-state index contributed by atoms with van der Waals surface area (Å²) in [4.78, 5) is 35.0. The van der Waals surface area contributed by atoms with Crippen molar-refractivity contribution in [2.45, 2.75) is 31.7 Å². The van der Waals surface area contributed by atoms with Gasteiger partial charge in [0.15, 0.2) is 0 Å². The van der Waals surface area contributed by atoms with Gasteiger partial charge in [0.05, 0.1) is 18.9 Å². The van der Waals surface area contributed by atoms with Crippen LogP contribution in [-0.4, -0.2) is 35.5 Å². The van der Waals surface area contributed by atoms with Gasteiger partial charge in [-0.3, -0.25) is 14.4 Å². The Morgan fingerprint density at radius 1 is 1.23 bits per heavy atom. The Morgan fingerprint density at radius 3 is 2.73 bits per heavy atom. The zero-order valence-corrected chi connectivity index (χ0v) is 14.8. The molecule has 0 aliphatic carbocycles. The predicted octanol–water partition coefficient (Wildman–Crippen LogP) is 1.82. The fourth-order valence-electron chi connectivity index (χ4n) is 2.47. The molecule has 0 fully saturated rings. The first-order valence-corrected chi connectivity index (χ1v) is 9.00. The van der Waals surface area contributed by atoms with Crippen molar-refractivity contribution in [2.24, 2.45) is 0 Å². The Balaban J connectivity index is 2.11. The van der Waals surface area contributed by atoms with Crippen molar-refractivity contribution >= 4 is 39.2 Å². The molecule has 0 bridgehead atoms. The van der Waals surface area contributed by atoms with Gasteiger partial charge in [0, 0.05) is 24.1 Å². The Bertz CT molecular complexity index is 840. The second kappa shape index (κ2) is 9.53. The Hall–Kier alpha value is -2.92. The highest BCUT2D eigenvalue weighted by molar-refractivity contribution is 7.17. The molecule has 7 nitrogen and oxygen atoms in total. The van der Waals surface area contributed by atoms with E-state index >= 15 is 0 Å². The van der Waals surface area contributed by atoms with E-state index in [1.807, 2.05) is 35.7 Å². The number of nitrogens with one attached hydrogen (secondary N) is 2. The normalized spacial score (nSPS) is 11.5. The smallest absolute Gasteiger partial charge is 0.303 e. The van der Waals surface area contributed by atoms with Gasteiger partial charge < -0.3 is 15.7 Å². The number of carbonyl (C=O) groups is 3. The van der Waals surface area contributed by atoms with Crippen molar-refractivity contribution in [3.63, 3.8) is 0 Å². The number of carboxylic acid groups (broad SMARTS) is 1. The highest BCUT2D eigenvalue weighted by Gasteiger charge is 2.22. The number of hydrogen-bond donors (Lipinski definition) is 3. The molecule has 8 heteroatoms. The number of carbonyl (C=O) groups excluding carboxylic acids is 2. The molecule has 2 aromatic rings. The molecule has 1 heterocycles. The first-order chi connectivity index (χ1) is 12.5. The maximum absolute atomic E-state index is 12.4. The third-order valence-electron chi connectivity index (χ3n) is 3.74. The van der Waals surface area contributed by atoms with Crippen molar-refractivity contribution in [3.05, 3.63) is 35.2 Å². The molecule has 1 aromatic carbocycles. The summed E-state index contributed by atoms with van der Waals surface area (Å²) >= 11 is 1.56. The molecule has 0 saturated carbocycles. The van der Waals surface area contributed by atoms with Crippen LogP contribution in [0.5, 0.6) is 0 Å². The molecule has 0 aliphatic heterocycles. The van der Waals surface area contributed by atoms with Gasteiger partial charge in [-0.1, -0.05) is 18.2 Å². The molecule has 1 aromatic heterocycles. The van der Waals surface area contributed by atoms with E-state index in [1.54, 1.807) is 11.3 Å². The van der Waals surface area contributed by atoms with Gasteiger partial charge in [0.2, 0.25) is 11.8 Å². The summed E-state index contributed by atoms with van der Waals surface area (Å²) in [6.45, 7) is 0.196. The van der Waals surface area contributed by atoms with E-state index in [1.165, 1.54) is 0 Å². The molecule has 0 aliphatic rings. The SMILES string of the molecule is N#CCCNC(=O)C(Cc1csc2ccccc12)NC(=O)CCC(=O)O. The summed E-state index contributed by atoms with van der Waals surface area (Å²) in [6.07, 6.45) is -0.0221. The number of carboxylic acids is 1. The molecule has 2 amide bonds. The van der Waals surface area contributed by atoms with E-state index in [9.17, 15) is 14.4 Å². The quantitative estimate of drug-likeness (QED) is 0.579. The van der Waals surface area contributed by atoms with Crippen LogP contribution >= 0.6 is 11.3 Å². The summed E-state index contributed by atoms with van der Waals surface area (Å²) in [5.74, 6) is -1.95. The van der Waals surface area contributed by atoms with Crippen molar-refractivity contribution in [1.29, 1.82) is 5.26 Å². The zero-order chi connectivity index (χ0) is 18.9.